The van der Waals surface area contributed by atoms with Crippen LogP contribution in [0, 0.1) is 6.92 Å². The van der Waals surface area contributed by atoms with E-state index in [0.29, 0.717) is 43.7 Å². The molecule has 1 aliphatic heterocycles. The molecule has 0 radical (unpaired) electrons. The number of carbonyl (C=O) groups is 1. The van der Waals surface area contributed by atoms with E-state index in [-0.39, 0.29) is 5.91 Å². The van der Waals surface area contributed by atoms with Gasteiger partial charge in [0.05, 0.1) is 6.61 Å². The van der Waals surface area contributed by atoms with Gasteiger partial charge in [-0.25, -0.2) is 9.97 Å². The summed E-state index contributed by atoms with van der Waals surface area (Å²) in [6, 6.07) is 1.79. The van der Waals surface area contributed by atoms with Gasteiger partial charge in [0.1, 0.15) is 17.7 Å². The highest BCUT2D eigenvalue weighted by Crippen LogP contribution is 2.33. The maximum atomic E-state index is 11.7. The summed E-state index contributed by atoms with van der Waals surface area (Å²) in [5.74, 6) is 2.07. The Balaban J connectivity index is 1.87. The molecule has 0 unspecified atom stereocenters. The lowest BCUT2D eigenvalue weighted by Crippen LogP contribution is -2.48. The first-order valence-electron chi connectivity index (χ1n) is 7.82. The highest BCUT2D eigenvalue weighted by Gasteiger charge is 2.44. The van der Waals surface area contributed by atoms with Crippen LogP contribution >= 0.6 is 0 Å². The summed E-state index contributed by atoms with van der Waals surface area (Å²) in [4.78, 5) is 26.5. The average Bonchev–Trinajstić information content (AvgIpc) is 3.15. The minimum Gasteiger partial charge on any atom is -0.478 e. The van der Waals surface area contributed by atoms with Crippen LogP contribution in [0.25, 0.3) is 0 Å². The molecule has 1 amide bonds. The van der Waals surface area contributed by atoms with Gasteiger partial charge in [-0.2, -0.15) is 4.98 Å². The summed E-state index contributed by atoms with van der Waals surface area (Å²) in [6.45, 7) is 6.83. The van der Waals surface area contributed by atoms with Crippen LogP contribution in [0.1, 0.15) is 32.0 Å². The molecule has 1 saturated heterocycles. The van der Waals surface area contributed by atoms with Gasteiger partial charge in [-0.1, -0.05) is 5.16 Å². The van der Waals surface area contributed by atoms with Crippen molar-refractivity contribution >= 4 is 11.7 Å². The van der Waals surface area contributed by atoms with E-state index in [1.165, 1.54) is 13.3 Å². The summed E-state index contributed by atoms with van der Waals surface area (Å²) in [5, 5.41) is 7.00. The maximum Gasteiger partial charge on any atom is 0.223 e. The van der Waals surface area contributed by atoms with Crippen LogP contribution in [-0.4, -0.2) is 45.7 Å². The van der Waals surface area contributed by atoms with Crippen molar-refractivity contribution in [1.29, 1.82) is 0 Å². The van der Waals surface area contributed by atoms with Crippen molar-refractivity contribution in [2.24, 2.45) is 0 Å². The van der Waals surface area contributed by atoms with Crippen molar-refractivity contribution in [2.75, 3.05) is 24.6 Å². The summed E-state index contributed by atoms with van der Waals surface area (Å²) in [5.41, 5.74) is -0.694. The number of amides is 1. The third kappa shape index (κ3) is 3.15. The van der Waals surface area contributed by atoms with Crippen molar-refractivity contribution in [1.82, 2.24) is 25.4 Å². The number of nitrogens with zero attached hydrogens (tertiary/aromatic N) is 5. The third-order valence-corrected chi connectivity index (χ3v) is 3.88. The lowest BCUT2D eigenvalue weighted by Gasteiger charge is -2.27. The molecule has 2 aromatic rings. The molecule has 128 valence electrons. The van der Waals surface area contributed by atoms with E-state index in [9.17, 15) is 4.79 Å². The smallest absolute Gasteiger partial charge is 0.223 e. The predicted octanol–water partition coefficient (Wildman–Crippen LogP) is 0.808. The fourth-order valence-corrected chi connectivity index (χ4v) is 2.91. The second-order valence-electron chi connectivity index (χ2n) is 5.72. The molecule has 24 heavy (non-hydrogen) atoms. The predicted molar refractivity (Wildman–Crippen MR) is 84.6 cm³/mol. The number of carbonyl (C=O) groups excluding carboxylic acids is 1. The van der Waals surface area contributed by atoms with Gasteiger partial charge in [0.2, 0.25) is 17.7 Å². The lowest BCUT2D eigenvalue weighted by molar-refractivity contribution is -0.120. The third-order valence-electron chi connectivity index (χ3n) is 3.88. The van der Waals surface area contributed by atoms with Crippen LogP contribution < -0.4 is 15.0 Å². The number of ether oxygens (including phenoxy) is 1. The Bertz CT molecular complexity index is 734. The highest BCUT2D eigenvalue weighted by atomic mass is 16.5. The number of hydrogen-bond donors (Lipinski definition) is 1. The number of hydrogen-bond acceptors (Lipinski definition) is 8. The Kier molecular flexibility index (Phi) is 4.32. The summed E-state index contributed by atoms with van der Waals surface area (Å²) in [6.07, 6.45) is 2.12. The Hall–Kier alpha value is -2.71. The van der Waals surface area contributed by atoms with Gasteiger partial charge >= 0.3 is 0 Å². The molecule has 0 spiro atoms. The monoisotopic (exact) mass is 332 g/mol. The fraction of sp³-hybridized carbons (Fsp3) is 0.533. The molecule has 9 heteroatoms. The Morgan fingerprint density at radius 3 is 3.00 bits per heavy atom. The molecular weight excluding hydrogens is 312 g/mol. The SMILES string of the molecule is CCOc1cc(N2CC[C@@](NC(C)=O)(c3noc(C)n3)C2)ncn1. The van der Waals surface area contributed by atoms with E-state index in [1.807, 2.05) is 11.8 Å². The molecule has 0 aliphatic carbocycles. The Morgan fingerprint density at radius 2 is 2.33 bits per heavy atom. The molecule has 3 heterocycles. The molecule has 9 nitrogen and oxygen atoms in total. The van der Waals surface area contributed by atoms with Crippen LogP contribution in [0.5, 0.6) is 5.88 Å². The minimum atomic E-state index is -0.694. The zero-order valence-electron chi connectivity index (χ0n) is 13.9. The van der Waals surface area contributed by atoms with Gasteiger partial charge in [0, 0.05) is 33.0 Å². The molecule has 1 fully saturated rings. The maximum absolute atomic E-state index is 11.7. The summed E-state index contributed by atoms with van der Waals surface area (Å²) < 4.78 is 10.5. The quantitative estimate of drug-likeness (QED) is 0.857. The lowest BCUT2D eigenvalue weighted by atomic mass is 9.97. The standard InChI is InChI=1S/C15H20N6O3/c1-4-23-13-7-12(16-9-17-13)21-6-5-15(8-21,19-10(2)22)14-18-11(3)24-20-14/h7,9H,4-6,8H2,1-3H3,(H,19,22)/t15-/m0/s1. The zero-order valence-corrected chi connectivity index (χ0v) is 13.9. The van der Waals surface area contributed by atoms with E-state index >= 15 is 0 Å². The molecule has 2 aromatic heterocycles. The molecular formula is C15H20N6O3. The second kappa shape index (κ2) is 6.42. The van der Waals surface area contributed by atoms with Crippen molar-refractivity contribution < 1.29 is 14.1 Å². The molecule has 1 aliphatic rings. The molecule has 1 N–H and O–H groups in total. The van der Waals surface area contributed by atoms with E-state index in [4.69, 9.17) is 9.26 Å². The van der Waals surface area contributed by atoms with Gasteiger partial charge < -0.3 is 19.5 Å². The number of aryl methyl sites for hydroxylation is 1. The number of nitrogens with one attached hydrogen (secondary N) is 1. The number of aromatic nitrogens is 4. The molecule has 0 saturated carbocycles. The first kappa shape index (κ1) is 16.2. The topological polar surface area (TPSA) is 106 Å². The second-order valence-corrected chi connectivity index (χ2v) is 5.72. The van der Waals surface area contributed by atoms with E-state index in [0.717, 1.165) is 5.82 Å². The van der Waals surface area contributed by atoms with Crippen LogP contribution in [-0.2, 0) is 10.3 Å². The number of anilines is 1. The molecule has 0 aromatic carbocycles. The van der Waals surface area contributed by atoms with Gasteiger partial charge in [-0.05, 0) is 13.3 Å². The largest absolute Gasteiger partial charge is 0.478 e. The highest BCUT2D eigenvalue weighted by molar-refractivity contribution is 5.74. The Labute approximate surface area is 139 Å². The van der Waals surface area contributed by atoms with Crippen molar-refractivity contribution in [3.8, 4) is 5.88 Å². The fourth-order valence-electron chi connectivity index (χ4n) is 2.91. The van der Waals surface area contributed by atoms with Gasteiger partial charge in [-0.15, -0.1) is 0 Å². The molecule has 3 rings (SSSR count). The first-order valence-corrected chi connectivity index (χ1v) is 7.82. The van der Waals surface area contributed by atoms with Crippen molar-refractivity contribution in [2.45, 2.75) is 32.7 Å². The number of rotatable bonds is 5. The zero-order chi connectivity index (χ0) is 17.2. The van der Waals surface area contributed by atoms with Crippen LogP contribution in [0.2, 0.25) is 0 Å². The summed E-state index contributed by atoms with van der Waals surface area (Å²) in [7, 11) is 0. The van der Waals surface area contributed by atoms with Crippen molar-refractivity contribution in [3.05, 3.63) is 24.1 Å². The van der Waals surface area contributed by atoms with Gasteiger partial charge in [-0.3, -0.25) is 4.79 Å². The normalized spacial score (nSPS) is 20.2. The van der Waals surface area contributed by atoms with Crippen LogP contribution in [0.4, 0.5) is 5.82 Å². The van der Waals surface area contributed by atoms with Crippen LogP contribution in [0.3, 0.4) is 0 Å². The van der Waals surface area contributed by atoms with E-state index in [1.54, 1.807) is 13.0 Å². The summed E-state index contributed by atoms with van der Waals surface area (Å²) >= 11 is 0. The van der Waals surface area contributed by atoms with E-state index < -0.39 is 5.54 Å². The molecule has 1 atom stereocenters. The van der Waals surface area contributed by atoms with Gasteiger partial charge in [0.25, 0.3) is 0 Å². The minimum absolute atomic E-state index is 0.142. The van der Waals surface area contributed by atoms with E-state index in [2.05, 4.69) is 25.4 Å². The molecule has 0 bridgehead atoms. The Morgan fingerprint density at radius 1 is 1.50 bits per heavy atom. The van der Waals surface area contributed by atoms with Crippen LogP contribution in [0.15, 0.2) is 16.9 Å². The van der Waals surface area contributed by atoms with Gasteiger partial charge in [0.15, 0.2) is 5.82 Å². The first-order chi connectivity index (χ1) is 11.5. The van der Waals surface area contributed by atoms with Crippen molar-refractivity contribution in [3.63, 3.8) is 0 Å². The average molecular weight is 332 g/mol.